The minimum atomic E-state index is -0.0249. The average molecular weight is 240 g/mol. The zero-order valence-corrected chi connectivity index (χ0v) is 11.3. The molecule has 98 valence electrons. The molecule has 0 aromatic heterocycles. The maximum Gasteiger partial charge on any atom is 0.241 e. The molecule has 2 fully saturated rings. The van der Waals surface area contributed by atoms with E-state index in [2.05, 4.69) is 26.1 Å². The number of carbonyl (C=O) groups is 1. The van der Waals surface area contributed by atoms with Crippen LogP contribution in [-0.2, 0) is 9.53 Å². The first-order valence-electron chi connectivity index (χ1n) is 6.67. The highest BCUT2D eigenvalue weighted by molar-refractivity contribution is 5.85. The van der Waals surface area contributed by atoms with Crippen LogP contribution in [0.3, 0.4) is 0 Å². The molecule has 1 saturated carbocycles. The largest absolute Gasteiger partial charge is 0.379 e. The molecule has 1 saturated heterocycles. The first kappa shape index (κ1) is 12.8. The zero-order valence-electron chi connectivity index (χ0n) is 11.3. The number of rotatable bonds is 3. The second kappa shape index (κ2) is 4.94. The van der Waals surface area contributed by atoms with Crippen molar-refractivity contribution in [1.29, 1.82) is 0 Å². The van der Waals surface area contributed by atoms with E-state index in [1.54, 1.807) is 7.11 Å². The van der Waals surface area contributed by atoms with Crippen molar-refractivity contribution in [3.05, 3.63) is 0 Å². The molecule has 0 spiro atoms. The highest BCUT2D eigenvalue weighted by Crippen LogP contribution is 2.31. The van der Waals surface area contributed by atoms with Crippen LogP contribution in [-0.4, -0.2) is 42.3 Å². The Morgan fingerprint density at radius 1 is 1.41 bits per heavy atom. The van der Waals surface area contributed by atoms with E-state index in [1.165, 1.54) is 0 Å². The molecule has 0 aromatic carbocycles. The molecule has 0 radical (unpaired) electrons. The summed E-state index contributed by atoms with van der Waals surface area (Å²) in [5.41, 5.74) is 0. The molecule has 4 nitrogen and oxygen atoms in total. The van der Waals surface area contributed by atoms with Gasteiger partial charge in [-0.05, 0) is 32.1 Å². The van der Waals surface area contributed by atoms with Gasteiger partial charge in [-0.2, -0.15) is 0 Å². The summed E-state index contributed by atoms with van der Waals surface area (Å²) in [7, 11) is 1.75. The summed E-state index contributed by atoms with van der Waals surface area (Å²) < 4.78 is 5.51. The number of methoxy groups -OCH3 is 1. The second-order valence-electron chi connectivity index (χ2n) is 5.58. The number of amides is 1. The minimum absolute atomic E-state index is 0.0249. The standard InChI is InChI=1S/C13H24N2O2/c1-8(2)12-13(16)15(9(3)14-12)10-6-5-7-11(10)17-4/h8-12,14H,5-7H2,1-4H3. The van der Waals surface area contributed by atoms with Crippen molar-refractivity contribution in [2.75, 3.05) is 7.11 Å². The van der Waals surface area contributed by atoms with Crippen molar-refractivity contribution >= 4 is 5.91 Å². The summed E-state index contributed by atoms with van der Waals surface area (Å²) >= 11 is 0. The zero-order chi connectivity index (χ0) is 12.6. The van der Waals surface area contributed by atoms with Gasteiger partial charge in [-0.1, -0.05) is 13.8 Å². The molecule has 4 heteroatoms. The summed E-state index contributed by atoms with van der Waals surface area (Å²) in [4.78, 5) is 14.4. The minimum Gasteiger partial charge on any atom is -0.379 e. The fourth-order valence-electron chi connectivity index (χ4n) is 3.19. The predicted molar refractivity (Wildman–Crippen MR) is 66.5 cm³/mol. The number of nitrogens with one attached hydrogen (secondary N) is 1. The van der Waals surface area contributed by atoms with Crippen molar-refractivity contribution in [2.45, 2.75) is 64.4 Å². The highest BCUT2D eigenvalue weighted by atomic mass is 16.5. The maximum atomic E-state index is 12.4. The van der Waals surface area contributed by atoms with Gasteiger partial charge in [-0.25, -0.2) is 0 Å². The van der Waals surface area contributed by atoms with Crippen LogP contribution in [0.15, 0.2) is 0 Å². The lowest BCUT2D eigenvalue weighted by atomic mass is 10.0. The summed E-state index contributed by atoms with van der Waals surface area (Å²) in [6, 6.07) is 0.238. The molecular weight excluding hydrogens is 216 g/mol. The molecular formula is C13H24N2O2. The van der Waals surface area contributed by atoms with Gasteiger partial charge in [0.1, 0.15) is 0 Å². The molecule has 17 heavy (non-hydrogen) atoms. The van der Waals surface area contributed by atoms with E-state index in [-0.39, 0.29) is 30.3 Å². The normalized spacial score (nSPS) is 38.4. The Morgan fingerprint density at radius 3 is 2.65 bits per heavy atom. The fraction of sp³-hybridized carbons (Fsp3) is 0.923. The van der Waals surface area contributed by atoms with E-state index in [0.717, 1.165) is 19.3 Å². The van der Waals surface area contributed by atoms with Crippen molar-refractivity contribution in [2.24, 2.45) is 5.92 Å². The number of carbonyl (C=O) groups excluding carboxylic acids is 1. The Hall–Kier alpha value is -0.610. The van der Waals surface area contributed by atoms with Crippen molar-refractivity contribution in [3.63, 3.8) is 0 Å². The molecule has 4 atom stereocenters. The van der Waals surface area contributed by atoms with Crippen LogP contribution in [0, 0.1) is 5.92 Å². The summed E-state index contributed by atoms with van der Waals surface area (Å²) in [6.45, 7) is 6.26. The summed E-state index contributed by atoms with van der Waals surface area (Å²) in [6.07, 6.45) is 3.65. The first-order chi connectivity index (χ1) is 8.06. The van der Waals surface area contributed by atoms with Gasteiger partial charge in [0.05, 0.1) is 24.4 Å². The molecule has 2 aliphatic rings. The van der Waals surface area contributed by atoms with Crippen LogP contribution in [0.5, 0.6) is 0 Å². The topological polar surface area (TPSA) is 41.6 Å². The van der Waals surface area contributed by atoms with E-state index in [4.69, 9.17) is 4.74 Å². The van der Waals surface area contributed by atoms with Gasteiger partial charge in [-0.15, -0.1) is 0 Å². The average Bonchev–Trinajstić information content (AvgIpc) is 2.83. The predicted octanol–water partition coefficient (Wildman–Crippen LogP) is 1.36. The molecule has 0 bridgehead atoms. The molecule has 2 rings (SSSR count). The highest BCUT2D eigenvalue weighted by Gasteiger charge is 2.45. The molecule has 1 heterocycles. The maximum absolute atomic E-state index is 12.4. The molecule has 1 N–H and O–H groups in total. The summed E-state index contributed by atoms with van der Waals surface area (Å²) in [5, 5.41) is 3.40. The van der Waals surface area contributed by atoms with Gasteiger partial charge in [0, 0.05) is 7.11 Å². The second-order valence-corrected chi connectivity index (χ2v) is 5.58. The van der Waals surface area contributed by atoms with Crippen LogP contribution < -0.4 is 5.32 Å². The smallest absolute Gasteiger partial charge is 0.241 e. The van der Waals surface area contributed by atoms with Crippen molar-refractivity contribution in [1.82, 2.24) is 10.2 Å². The van der Waals surface area contributed by atoms with Gasteiger partial charge < -0.3 is 9.64 Å². The van der Waals surface area contributed by atoms with Crippen LogP contribution in [0.2, 0.25) is 0 Å². The Kier molecular flexibility index (Phi) is 3.73. The number of hydrogen-bond donors (Lipinski definition) is 1. The molecule has 4 unspecified atom stereocenters. The van der Waals surface area contributed by atoms with Gasteiger partial charge >= 0.3 is 0 Å². The molecule has 1 aliphatic heterocycles. The molecule has 0 aromatic rings. The monoisotopic (exact) mass is 240 g/mol. The van der Waals surface area contributed by atoms with Gasteiger partial charge in [0.15, 0.2) is 0 Å². The molecule has 1 aliphatic carbocycles. The van der Waals surface area contributed by atoms with Crippen LogP contribution in [0.25, 0.3) is 0 Å². The van der Waals surface area contributed by atoms with Crippen molar-refractivity contribution in [3.8, 4) is 0 Å². The van der Waals surface area contributed by atoms with Gasteiger partial charge in [-0.3, -0.25) is 10.1 Å². The Labute approximate surface area is 104 Å². The lowest BCUT2D eigenvalue weighted by molar-refractivity contribution is -0.135. The number of ether oxygens (including phenoxy) is 1. The Bertz CT molecular complexity index is 293. The van der Waals surface area contributed by atoms with E-state index in [0.29, 0.717) is 5.92 Å². The third-order valence-corrected chi connectivity index (χ3v) is 4.10. The fourth-order valence-corrected chi connectivity index (χ4v) is 3.19. The lowest BCUT2D eigenvalue weighted by Crippen LogP contribution is -2.47. The van der Waals surface area contributed by atoms with Crippen LogP contribution in [0.1, 0.15) is 40.0 Å². The third kappa shape index (κ3) is 2.20. The van der Waals surface area contributed by atoms with Crippen LogP contribution in [0.4, 0.5) is 0 Å². The van der Waals surface area contributed by atoms with E-state index < -0.39 is 0 Å². The lowest BCUT2D eigenvalue weighted by Gasteiger charge is -2.31. The molecule has 1 amide bonds. The van der Waals surface area contributed by atoms with Crippen molar-refractivity contribution < 1.29 is 9.53 Å². The number of nitrogens with zero attached hydrogens (tertiary/aromatic N) is 1. The van der Waals surface area contributed by atoms with Gasteiger partial charge in [0.25, 0.3) is 0 Å². The third-order valence-electron chi connectivity index (χ3n) is 4.10. The quantitative estimate of drug-likeness (QED) is 0.810. The Balaban J connectivity index is 2.13. The number of hydrogen-bond acceptors (Lipinski definition) is 3. The summed E-state index contributed by atoms with van der Waals surface area (Å²) in [5.74, 6) is 0.596. The van der Waals surface area contributed by atoms with E-state index in [1.807, 2.05) is 4.90 Å². The van der Waals surface area contributed by atoms with E-state index in [9.17, 15) is 4.79 Å². The SMILES string of the molecule is COC1CCCC1N1C(=O)C(C(C)C)NC1C. The Morgan fingerprint density at radius 2 is 2.12 bits per heavy atom. The first-order valence-corrected chi connectivity index (χ1v) is 6.67. The van der Waals surface area contributed by atoms with E-state index >= 15 is 0 Å². The van der Waals surface area contributed by atoms with Crippen LogP contribution >= 0.6 is 0 Å². The van der Waals surface area contributed by atoms with Gasteiger partial charge in [0.2, 0.25) is 5.91 Å².